The fourth-order valence-electron chi connectivity index (χ4n) is 3.47. The van der Waals surface area contributed by atoms with Gasteiger partial charge in [-0.05, 0) is 62.6 Å². The van der Waals surface area contributed by atoms with Crippen LogP contribution in [0.3, 0.4) is 0 Å². The highest BCUT2D eigenvalue weighted by molar-refractivity contribution is 5.94. The number of anilines is 1. The number of aryl methyl sites for hydroxylation is 2. The van der Waals surface area contributed by atoms with Crippen molar-refractivity contribution in [1.82, 2.24) is 4.98 Å². The smallest absolute Gasteiger partial charge is 0.0760 e. The van der Waals surface area contributed by atoms with Gasteiger partial charge in [0.15, 0.2) is 0 Å². The number of hydrogen-bond acceptors (Lipinski definition) is 2. The minimum Gasteiger partial charge on any atom is -0.385 e. The molecule has 4 rings (SSSR count). The van der Waals surface area contributed by atoms with Crippen molar-refractivity contribution < 1.29 is 0 Å². The fourth-order valence-corrected chi connectivity index (χ4v) is 3.47. The molecule has 0 bridgehead atoms. The van der Waals surface area contributed by atoms with Crippen LogP contribution in [0.5, 0.6) is 0 Å². The zero-order valence-electron chi connectivity index (χ0n) is 12.2. The van der Waals surface area contributed by atoms with Crippen molar-refractivity contribution in [2.45, 2.75) is 51.4 Å². The number of fused-ring (bicyclic) bond motifs is 3. The molecule has 0 atom stereocenters. The standard InChI is InChI=1S/C18H22N2/c1-2-19-17-11-16(13-7-8-13)20-18-14-6-4-3-5-12(14)9-10-15(17)18/h9-11,13H,2-8H2,1H3,(H,19,20). The summed E-state index contributed by atoms with van der Waals surface area (Å²) in [7, 11) is 0. The van der Waals surface area contributed by atoms with Gasteiger partial charge in [-0.2, -0.15) is 0 Å². The van der Waals surface area contributed by atoms with Gasteiger partial charge in [0, 0.05) is 29.2 Å². The average Bonchev–Trinajstić information content (AvgIpc) is 3.32. The second-order valence-electron chi connectivity index (χ2n) is 6.21. The van der Waals surface area contributed by atoms with E-state index < -0.39 is 0 Å². The summed E-state index contributed by atoms with van der Waals surface area (Å²) in [5.41, 5.74) is 6.93. The Morgan fingerprint density at radius 1 is 1.20 bits per heavy atom. The highest BCUT2D eigenvalue weighted by atomic mass is 14.9. The molecule has 20 heavy (non-hydrogen) atoms. The predicted octanol–water partition coefficient (Wildman–Crippen LogP) is 4.42. The van der Waals surface area contributed by atoms with Gasteiger partial charge in [0.2, 0.25) is 0 Å². The van der Waals surface area contributed by atoms with E-state index in [2.05, 4.69) is 30.4 Å². The molecule has 1 N–H and O–H groups in total. The molecule has 104 valence electrons. The van der Waals surface area contributed by atoms with E-state index >= 15 is 0 Å². The lowest BCUT2D eigenvalue weighted by molar-refractivity contribution is 0.688. The Kier molecular flexibility index (Phi) is 2.90. The van der Waals surface area contributed by atoms with Gasteiger partial charge in [0.25, 0.3) is 0 Å². The van der Waals surface area contributed by atoms with Gasteiger partial charge in [-0.1, -0.05) is 12.1 Å². The Balaban J connectivity index is 1.96. The van der Waals surface area contributed by atoms with Crippen LogP contribution in [0.4, 0.5) is 5.69 Å². The minimum absolute atomic E-state index is 0.719. The molecule has 1 saturated carbocycles. The van der Waals surface area contributed by atoms with Crippen molar-refractivity contribution in [1.29, 1.82) is 0 Å². The molecule has 2 aromatic rings. The van der Waals surface area contributed by atoms with Crippen molar-refractivity contribution in [2.24, 2.45) is 0 Å². The Morgan fingerprint density at radius 2 is 2.05 bits per heavy atom. The lowest BCUT2D eigenvalue weighted by atomic mass is 9.89. The van der Waals surface area contributed by atoms with E-state index in [9.17, 15) is 0 Å². The van der Waals surface area contributed by atoms with Crippen molar-refractivity contribution in [3.05, 3.63) is 35.0 Å². The van der Waals surface area contributed by atoms with Crippen LogP contribution < -0.4 is 5.32 Å². The van der Waals surface area contributed by atoms with Gasteiger partial charge >= 0.3 is 0 Å². The highest BCUT2D eigenvalue weighted by Crippen LogP contribution is 2.42. The molecule has 0 amide bonds. The quantitative estimate of drug-likeness (QED) is 0.889. The number of nitrogens with zero attached hydrogens (tertiary/aromatic N) is 1. The molecule has 2 nitrogen and oxygen atoms in total. The third-order valence-electron chi connectivity index (χ3n) is 4.69. The summed E-state index contributed by atoms with van der Waals surface area (Å²) in [6.45, 7) is 3.14. The minimum atomic E-state index is 0.719. The fraction of sp³-hybridized carbons (Fsp3) is 0.500. The number of pyridine rings is 1. The van der Waals surface area contributed by atoms with Gasteiger partial charge in [-0.25, -0.2) is 0 Å². The monoisotopic (exact) mass is 266 g/mol. The molecule has 2 aliphatic rings. The summed E-state index contributed by atoms with van der Waals surface area (Å²) < 4.78 is 0. The Bertz CT molecular complexity index is 656. The molecule has 1 heterocycles. The van der Waals surface area contributed by atoms with Gasteiger partial charge in [-0.15, -0.1) is 0 Å². The molecule has 0 radical (unpaired) electrons. The number of nitrogens with one attached hydrogen (secondary N) is 1. The van der Waals surface area contributed by atoms with Crippen LogP contribution in [0.1, 0.15) is 55.3 Å². The summed E-state index contributed by atoms with van der Waals surface area (Å²) in [6.07, 6.45) is 7.73. The van der Waals surface area contributed by atoms with Crippen LogP contribution in [-0.2, 0) is 12.8 Å². The number of benzene rings is 1. The highest BCUT2D eigenvalue weighted by Gasteiger charge is 2.26. The summed E-state index contributed by atoms with van der Waals surface area (Å²) in [5.74, 6) is 0.719. The van der Waals surface area contributed by atoms with Gasteiger partial charge in [-0.3, -0.25) is 4.98 Å². The third kappa shape index (κ3) is 1.98. The Labute approximate surface area is 120 Å². The maximum Gasteiger partial charge on any atom is 0.0760 e. The molecule has 1 fully saturated rings. The first kappa shape index (κ1) is 12.2. The molecule has 2 aliphatic carbocycles. The van der Waals surface area contributed by atoms with E-state index in [-0.39, 0.29) is 0 Å². The first-order valence-corrected chi connectivity index (χ1v) is 8.06. The third-order valence-corrected chi connectivity index (χ3v) is 4.69. The van der Waals surface area contributed by atoms with Crippen molar-refractivity contribution >= 4 is 16.6 Å². The Hall–Kier alpha value is -1.57. The maximum absolute atomic E-state index is 5.05. The topological polar surface area (TPSA) is 24.9 Å². The largest absolute Gasteiger partial charge is 0.385 e. The van der Waals surface area contributed by atoms with Crippen LogP contribution in [0, 0.1) is 0 Å². The molecule has 1 aromatic heterocycles. The van der Waals surface area contributed by atoms with Gasteiger partial charge in [0.1, 0.15) is 0 Å². The Morgan fingerprint density at radius 3 is 2.85 bits per heavy atom. The molecule has 0 spiro atoms. The molecule has 0 unspecified atom stereocenters. The summed E-state index contributed by atoms with van der Waals surface area (Å²) in [6, 6.07) is 6.90. The first-order chi connectivity index (χ1) is 9.86. The van der Waals surface area contributed by atoms with Gasteiger partial charge in [0.05, 0.1) is 5.52 Å². The average molecular weight is 266 g/mol. The van der Waals surface area contributed by atoms with E-state index in [0.717, 1.165) is 12.5 Å². The first-order valence-electron chi connectivity index (χ1n) is 8.06. The molecule has 0 saturated heterocycles. The van der Waals surface area contributed by atoms with Crippen molar-refractivity contribution in [3.63, 3.8) is 0 Å². The van der Waals surface area contributed by atoms with E-state index in [0.29, 0.717) is 0 Å². The van der Waals surface area contributed by atoms with E-state index in [4.69, 9.17) is 4.98 Å². The molecule has 1 aromatic carbocycles. The number of rotatable bonds is 3. The predicted molar refractivity (Wildman–Crippen MR) is 84.5 cm³/mol. The van der Waals surface area contributed by atoms with Crippen molar-refractivity contribution in [2.75, 3.05) is 11.9 Å². The van der Waals surface area contributed by atoms with E-state index in [1.54, 1.807) is 0 Å². The molecule has 0 aliphatic heterocycles. The van der Waals surface area contributed by atoms with Crippen LogP contribution in [0.25, 0.3) is 10.9 Å². The summed E-state index contributed by atoms with van der Waals surface area (Å²) in [4.78, 5) is 5.05. The summed E-state index contributed by atoms with van der Waals surface area (Å²) >= 11 is 0. The number of aromatic nitrogens is 1. The lowest BCUT2D eigenvalue weighted by Crippen LogP contribution is -2.07. The number of hydrogen-bond donors (Lipinski definition) is 1. The van der Waals surface area contributed by atoms with Crippen LogP contribution >= 0.6 is 0 Å². The second kappa shape index (κ2) is 4.76. The van der Waals surface area contributed by atoms with Crippen LogP contribution in [0.2, 0.25) is 0 Å². The lowest BCUT2D eigenvalue weighted by Gasteiger charge is -2.19. The van der Waals surface area contributed by atoms with Gasteiger partial charge < -0.3 is 5.32 Å². The van der Waals surface area contributed by atoms with Crippen LogP contribution in [0.15, 0.2) is 18.2 Å². The van der Waals surface area contributed by atoms with E-state index in [1.807, 2.05) is 0 Å². The summed E-state index contributed by atoms with van der Waals surface area (Å²) in [5, 5.41) is 4.86. The van der Waals surface area contributed by atoms with Crippen molar-refractivity contribution in [3.8, 4) is 0 Å². The zero-order valence-corrected chi connectivity index (χ0v) is 12.2. The van der Waals surface area contributed by atoms with E-state index in [1.165, 1.54) is 71.9 Å². The second-order valence-corrected chi connectivity index (χ2v) is 6.21. The zero-order chi connectivity index (χ0) is 13.5. The SMILES string of the molecule is CCNc1cc(C2CC2)nc2c3c(ccc12)CCCC3. The molecule has 2 heteroatoms. The molecular formula is C18H22N2. The maximum atomic E-state index is 5.05. The van der Waals surface area contributed by atoms with Crippen LogP contribution in [-0.4, -0.2) is 11.5 Å². The normalized spacial score (nSPS) is 18.1. The molecular weight excluding hydrogens is 244 g/mol.